The Labute approximate surface area is 193 Å². The highest BCUT2D eigenvalue weighted by Gasteiger charge is 2.49. The highest BCUT2D eigenvalue weighted by atomic mass is 32.2. The minimum atomic E-state index is -4.80. The third kappa shape index (κ3) is 5.12. The molecule has 13 heteroatoms. The molecule has 3 atom stereocenters. The van der Waals surface area contributed by atoms with Crippen LogP contribution in [0, 0.1) is 5.92 Å². The van der Waals surface area contributed by atoms with E-state index in [0.717, 1.165) is 16.4 Å². The van der Waals surface area contributed by atoms with Crippen molar-refractivity contribution in [1.29, 1.82) is 0 Å². The molecule has 184 valence electrons. The van der Waals surface area contributed by atoms with E-state index in [9.17, 15) is 26.4 Å². The van der Waals surface area contributed by atoms with Crippen LogP contribution in [0.15, 0.2) is 53.4 Å². The van der Waals surface area contributed by atoms with Crippen molar-refractivity contribution in [3.05, 3.63) is 48.5 Å². The summed E-state index contributed by atoms with van der Waals surface area (Å²) in [6.45, 7) is 0.458. The van der Waals surface area contributed by atoms with Gasteiger partial charge in [0.05, 0.1) is 11.0 Å². The van der Waals surface area contributed by atoms with Crippen molar-refractivity contribution < 1.29 is 45.8 Å². The Hall–Kier alpha value is -2.87. The number of nitrogens with one attached hydrogen (secondary N) is 1. The number of hydrogen-bond donors (Lipinski definition) is 2. The predicted octanol–water partition coefficient (Wildman–Crippen LogP) is 3.05. The van der Waals surface area contributed by atoms with Crippen LogP contribution < -0.4 is 15.0 Å². The molecule has 0 radical (unpaired) electrons. The van der Waals surface area contributed by atoms with Crippen molar-refractivity contribution in [1.82, 2.24) is 9.79 Å². The van der Waals surface area contributed by atoms with Crippen molar-refractivity contribution >= 4 is 15.9 Å². The van der Waals surface area contributed by atoms with Gasteiger partial charge in [-0.05, 0) is 61.4 Å². The molecule has 2 aromatic carbocycles. The molecular formula is C21H21F3N2O7S. The maximum atomic E-state index is 13.3. The third-order valence-corrected chi connectivity index (χ3v) is 7.61. The smallest absolute Gasteiger partial charge is 0.457 e. The second kappa shape index (κ2) is 9.41. The van der Waals surface area contributed by atoms with E-state index >= 15 is 0 Å². The molecule has 0 bridgehead atoms. The minimum absolute atomic E-state index is 0.0478. The summed E-state index contributed by atoms with van der Waals surface area (Å²) in [4.78, 5) is 12.3. The molecule has 2 aliphatic rings. The Bertz CT molecular complexity index is 1120. The van der Waals surface area contributed by atoms with E-state index in [0.29, 0.717) is 19.4 Å². The van der Waals surface area contributed by atoms with Gasteiger partial charge >= 0.3 is 6.36 Å². The molecule has 2 saturated heterocycles. The SMILES string of the molecule is O=C(NO)C1C2CCOC2CCN1S(=O)(=O)c1ccc(Oc2ccc(OC(F)(F)F)cc2)cc1. The van der Waals surface area contributed by atoms with Gasteiger partial charge in [0.25, 0.3) is 5.91 Å². The van der Waals surface area contributed by atoms with E-state index in [2.05, 4.69) is 4.74 Å². The van der Waals surface area contributed by atoms with E-state index in [1.807, 2.05) is 0 Å². The average Bonchev–Trinajstić information content (AvgIpc) is 3.27. The summed E-state index contributed by atoms with van der Waals surface area (Å²) in [5.41, 5.74) is 1.56. The van der Waals surface area contributed by atoms with Crippen LogP contribution in [0.4, 0.5) is 13.2 Å². The number of carbonyl (C=O) groups is 1. The van der Waals surface area contributed by atoms with Crippen LogP contribution in [-0.4, -0.2) is 55.5 Å². The fourth-order valence-corrected chi connectivity index (χ4v) is 5.90. The lowest BCUT2D eigenvalue weighted by molar-refractivity contribution is -0.274. The lowest BCUT2D eigenvalue weighted by atomic mass is 9.87. The van der Waals surface area contributed by atoms with Gasteiger partial charge in [-0.2, -0.15) is 4.31 Å². The molecule has 0 spiro atoms. The molecule has 9 nitrogen and oxygen atoms in total. The number of piperidine rings is 1. The lowest BCUT2D eigenvalue weighted by Crippen LogP contribution is -2.58. The van der Waals surface area contributed by atoms with Crippen LogP contribution in [0.1, 0.15) is 12.8 Å². The first-order valence-corrected chi connectivity index (χ1v) is 11.7. The van der Waals surface area contributed by atoms with Crippen molar-refractivity contribution in [2.24, 2.45) is 5.92 Å². The molecule has 0 saturated carbocycles. The molecule has 2 heterocycles. The summed E-state index contributed by atoms with van der Waals surface area (Å²) < 4.78 is 79.4. The number of sulfonamides is 1. The highest BCUT2D eigenvalue weighted by Crippen LogP contribution is 2.37. The first kappa shape index (κ1) is 24.3. The number of benzene rings is 2. The van der Waals surface area contributed by atoms with Crippen LogP contribution in [-0.2, 0) is 19.6 Å². The Morgan fingerprint density at radius 3 is 2.21 bits per heavy atom. The number of nitrogens with zero attached hydrogens (tertiary/aromatic N) is 1. The zero-order valence-corrected chi connectivity index (χ0v) is 18.4. The number of halogens is 3. The maximum Gasteiger partial charge on any atom is 0.573 e. The fraction of sp³-hybridized carbons (Fsp3) is 0.381. The topological polar surface area (TPSA) is 114 Å². The fourth-order valence-electron chi connectivity index (χ4n) is 4.25. The van der Waals surface area contributed by atoms with Gasteiger partial charge in [-0.3, -0.25) is 10.0 Å². The standard InChI is InChI=1S/C21H21F3N2O7S/c22-21(23,24)33-15-3-1-13(2-4-15)32-14-5-7-16(8-6-14)34(29,30)26-11-9-18-17(10-12-31-18)19(26)20(27)25-28/h1-8,17-19,28H,9-12H2,(H,25,27). The quantitative estimate of drug-likeness (QED) is 0.461. The van der Waals surface area contributed by atoms with Crippen molar-refractivity contribution in [3.63, 3.8) is 0 Å². The molecule has 2 fully saturated rings. The number of amides is 1. The van der Waals surface area contributed by atoms with Crippen LogP contribution in [0.3, 0.4) is 0 Å². The molecule has 2 aromatic rings. The van der Waals surface area contributed by atoms with Crippen molar-refractivity contribution in [2.75, 3.05) is 13.2 Å². The van der Waals surface area contributed by atoms with Crippen LogP contribution in [0.2, 0.25) is 0 Å². The highest BCUT2D eigenvalue weighted by molar-refractivity contribution is 7.89. The van der Waals surface area contributed by atoms with Gasteiger partial charge in [0, 0.05) is 19.1 Å². The van der Waals surface area contributed by atoms with Crippen LogP contribution >= 0.6 is 0 Å². The third-order valence-electron chi connectivity index (χ3n) is 5.71. The summed E-state index contributed by atoms with van der Waals surface area (Å²) in [6.07, 6.45) is -4.14. The van der Waals surface area contributed by atoms with Gasteiger partial charge in [-0.25, -0.2) is 13.9 Å². The van der Waals surface area contributed by atoms with E-state index in [1.54, 1.807) is 5.48 Å². The molecule has 0 aromatic heterocycles. The number of hydroxylamine groups is 1. The zero-order valence-electron chi connectivity index (χ0n) is 17.6. The minimum Gasteiger partial charge on any atom is -0.457 e. The number of carbonyl (C=O) groups excluding carboxylic acids is 1. The number of ether oxygens (including phenoxy) is 3. The van der Waals surface area contributed by atoms with E-state index in [-0.39, 0.29) is 35.0 Å². The summed E-state index contributed by atoms with van der Waals surface area (Å²) in [5.74, 6) is -1.13. The normalized spacial score (nSPS) is 23.2. The second-order valence-corrected chi connectivity index (χ2v) is 9.67. The van der Waals surface area contributed by atoms with Gasteiger partial charge in [0.15, 0.2) is 0 Å². The van der Waals surface area contributed by atoms with Gasteiger partial charge in [0.2, 0.25) is 10.0 Å². The van der Waals surface area contributed by atoms with E-state index in [1.165, 1.54) is 36.4 Å². The molecule has 0 aliphatic carbocycles. The maximum absolute atomic E-state index is 13.3. The Kier molecular flexibility index (Phi) is 6.71. The number of alkyl halides is 3. The molecule has 34 heavy (non-hydrogen) atoms. The molecular weight excluding hydrogens is 481 g/mol. The van der Waals surface area contributed by atoms with Crippen molar-refractivity contribution in [2.45, 2.75) is 36.2 Å². The summed E-state index contributed by atoms with van der Waals surface area (Å²) in [7, 11) is -4.09. The largest absolute Gasteiger partial charge is 0.573 e. The van der Waals surface area contributed by atoms with Crippen molar-refractivity contribution in [3.8, 4) is 17.2 Å². The molecule has 2 aliphatic heterocycles. The van der Waals surface area contributed by atoms with E-state index in [4.69, 9.17) is 14.7 Å². The van der Waals surface area contributed by atoms with Crippen LogP contribution in [0.5, 0.6) is 17.2 Å². The van der Waals surface area contributed by atoms with Gasteiger partial charge in [-0.1, -0.05) is 0 Å². The first-order chi connectivity index (χ1) is 16.1. The number of hydrogen-bond acceptors (Lipinski definition) is 7. The summed E-state index contributed by atoms with van der Waals surface area (Å²) in [6, 6.07) is 9.00. The molecule has 2 N–H and O–H groups in total. The molecule has 1 amide bonds. The molecule has 3 unspecified atom stereocenters. The first-order valence-electron chi connectivity index (χ1n) is 10.3. The second-order valence-electron chi connectivity index (χ2n) is 7.78. The monoisotopic (exact) mass is 502 g/mol. The Morgan fingerprint density at radius 2 is 1.62 bits per heavy atom. The van der Waals surface area contributed by atoms with Crippen LogP contribution in [0.25, 0.3) is 0 Å². The Balaban J connectivity index is 1.49. The van der Waals surface area contributed by atoms with Gasteiger partial charge < -0.3 is 14.2 Å². The predicted molar refractivity (Wildman–Crippen MR) is 110 cm³/mol. The van der Waals surface area contributed by atoms with Gasteiger partial charge in [-0.15, -0.1) is 13.2 Å². The summed E-state index contributed by atoms with van der Waals surface area (Å²) in [5, 5.41) is 9.17. The zero-order chi connectivity index (χ0) is 24.5. The summed E-state index contributed by atoms with van der Waals surface area (Å²) >= 11 is 0. The van der Waals surface area contributed by atoms with Gasteiger partial charge in [0.1, 0.15) is 23.3 Å². The number of rotatable bonds is 6. The Morgan fingerprint density at radius 1 is 1.03 bits per heavy atom. The average molecular weight is 502 g/mol. The van der Waals surface area contributed by atoms with E-state index < -0.39 is 34.1 Å². The number of fused-ring (bicyclic) bond motifs is 1. The lowest BCUT2D eigenvalue weighted by Gasteiger charge is -2.39. The molecule has 4 rings (SSSR count).